The van der Waals surface area contributed by atoms with Gasteiger partial charge in [-0.2, -0.15) is 0 Å². The van der Waals surface area contributed by atoms with Crippen LogP contribution in [0.1, 0.15) is 18.5 Å². The van der Waals surface area contributed by atoms with Crippen LogP contribution >= 0.6 is 12.2 Å². The third-order valence-electron chi connectivity index (χ3n) is 3.32. The van der Waals surface area contributed by atoms with Gasteiger partial charge in [-0.1, -0.05) is 12.2 Å². The van der Waals surface area contributed by atoms with Gasteiger partial charge in [0.15, 0.2) is 0 Å². The van der Waals surface area contributed by atoms with E-state index < -0.39 is 0 Å². The summed E-state index contributed by atoms with van der Waals surface area (Å²) in [4.78, 5) is 18.2. The van der Waals surface area contributed by atoms with Gasteiger partial charge in [-0.05, 0) is 25.0 Å². The number of ether oxygens (including phenoxy) is 1. The van der Waals surface area contributed by atoms with Gasteiger partial charge in [-0.15, -0.1) is 0 Å². The Hall–Kier alpha value is -1.69. The number of hydrogen-bond donors (Lipinski definition) is 1. The van der Waals surface area contributed by atoms with Crippen LogP contribution in [0.25, 0.3) is 0 Å². The van der Waals surface area contributed by atoms with E-state index in [2.05, 4.69) is 9.88 Å². The van der Waals surface area contributed by atoms with Crippen LogP contribution in [-0.2, 0) is 9.53 Å². The number of piperidine rings is 1. The Balaban J connectivity index is 2.08. The second-order valence-corrected chi connectivity index (χ2v) is 5.01. The lowest BCUT2D eigenvalue weighted by Crippen LogP contribution is -2.39. The maximum absolute atomic E-state index is 11.6. The number of nitrogens with zero attached hydrogens (tertiary/aromatic N) is 2. The Morgan fingerprint density at radius 3 is 2.95 bits per heavy atom. The van der Waals surface area contributed by atoms with Crippen LogP contribution < -0.4 is 10.6 Å². The van der Waals surface area contributed by atoms with E-state index in [1.54, 1.807) is 12.3 Å². The monoisotopic (exact) mass is 279 g/mol. The molecule has 2 heterocycles. The van der Waals surface area contributed by atoms with Gasteiger partial charge in [0, 0.05) is 13.1 Å². The van der Waals surface area contributed by atoms with Crippen molar-refractivity contribution in [3.05, 3.63) is 24.0 Å². The molecule has 2 rings (SSSR count). The number of methoxy groups -OCH3 is 1. The van der Waals surface area contributed by atoms with Crippen LogP contribution in [-0.4, -0.2) is 36.1 Å². The van der Waals surface area contributed by atoms with Crippen molar-refractivity contribution < 1.29 is 9.53 Å². The van der Waals surface area contributed by atoms with Crippen molar-refractivity contribution in [3.8, 4) is 0 Å². The molecule has 1 atom stereocenters. The highest BCUT2D eigenvalue weighted by Crippen LogP contribution is 2.23. The molecule has 1 aromatic rings. The summed E-state index contributed by atoms with van der Waals surface area (Å²) in [6, 6.07) is 3.74. The molecule has 1 fully saturated rings. The molecule has 102 valence electrons. The summed E-state index contributed by atoms with van der Waals surface area (Å²) >= 11 is 4.87. The van der Waals surface area contributed by atoms with E-state index in [-0.39, 0.29) is 16.9 Å². The van der Waals surface area contributed by atoms with Gasteiger partial charge < -0.3 is 15.4 Å². The lowest BCUT2D eigenvalue weighted by molar-refractivity contribution is -0.145. The summed E-state index contributed by atoms with van der Waals surface area (Å²) < 4.78 is 4.81. The maximum atomic E-state index is 11.6. The van der Waals surface area contributed by atoms with Crippen molar-refractivity contribution in [1.82, 2.24) is 4.98 Å². The highest BCUT2D eigenvalue weighted by atomic mass is 32.1. The van der Waals surface area contributed by atoms with Gasteiger partial charge in [0.05, 0.1) is 30.6 Å². The van der Waals surface area contributed by atoms with Crippen molar-refractivity contribution in [3.63, 3.8) is 0 Å². The van der Waals surface area contributed by atoms with Crippen LogP contribution in [0.2, 0.25) is 0 Å². The minimum Gasteiger partial charge on any atom is -0.469 e. The number of pyridine rings is 1. The number of thiocarbonyl (C=S) groups is 1. The van der Waals surface area contributed by atoms with Crippen LogP contribution in [0.3, 0.4) is 0 Å². The molecular formula is C13H17N3O2S. The van der Waals surface area contributed by atoms with Gasteiger partial charge in [0.2, 0.25) is 0 Å². The molecule has 0 radical (unpaired) electrons. The number of anilines is 1. The Bertz CT molecular complexity index is 475. The Morgan fingerprint density at radius 1 is 1.58 bits per heavy atom. The largest absolute Gasteiger partial charge is 0.469 e. The number of esters is 1. The van der Waals surface area contributed by atoms with Crippen LogP contribution in [0.15, 0.2) is 18.3 Å². The number of nitrogens with two attached hydrogens (primary N) is 1. The van der Waals surface area contributed by atoms with Gasteiger partial charge in [0.25, 0.3) is 0 Å². The first-order chi connectivity index (χ1) is 9.11. The normalized spacial score (nSPS) is 19.0. The molecule has 0 spiro atoms. The van der Waals surface area contributed by atoms with E-state index in [0.29, 0.717) is 12.2 Å². The number of hydrogen-bond acceptors (Lipinski definition) is 5. The van der Waals surface area contributed by atoms with Crippen molar-refractivity contribution in [2.75, 3.05) is 25.1 Å². The molecule has 1 aliphatic rings. The fourth-order valence-electron chi connectivity index (χ4n) is 2.29. The van der Waals surface area contributed by atoms with E-state index in [1.807, 2.05) is 6.07 Å². The fourth-order valence-corrected chi connectivity index (χ4v) is 2.41. The van der Waals surface area contributed by atoms with Crippen molar-refractivity contribution >= 4 is 28.9 Å². The first kappa shape index (κ1) is 13.7. The quantitative estimate of drug-likeness (QED) is 0.660. The van der Waals surface area contributed by atoms with E-state index in [9.17, 15) is 4.79 Å². The maximum Gasteiger partial charge on any atom is 0.310 e. The molecule has 2 N–H and O–H groups in total. The summed E-state index contributed by atoms with van der Waals surface area (Å²) in [7, 11) is 1.43. The van der Waals surface area contributed by atoms with Gasteiger partial charge in [0.1, 0.15) is 4.99 Å². The molecule has 0 bridgehead atoms. The molecular weight excluding hydrogens is 262 g/mol. The Labute approximate surface area is 117 Å². The highest BCUT2D eigenvalue weighted by Gasteiger charge is 2.26. The zero-order valence-electron chi connectivity index (χ0n) is 10.8. The number of carbonyl (C=O) groups excluding carboxylic acids is 1. The molecule has 19 heavy (non-hydrogen) atoms. The predicted octanol–water partition coefficient (Wildman–Crippen LogP) is 1.11. The minimum atomic E-state index is -0.141. The average Bonchev–Trinajstić information content (AvgIpc) is 2.46. The summed E-state index contributed by atoms with van der Waals surface area (Å²) in [5, 5.41) is 0. The van der Waals surface area contributed by atoms with E-state index in [4.69, 9.17) is 22.7 Å². The first-order valence-electron chi connectivity index (χ1n) is 6.20. The van der Waals surface area contributed by atoms with Gasteiger partial charge in [-0.3, -0.25) is 9.78 Å². The minimum absolute atomic E-state index is 0.0611. The van der Waals surface area contributed by atoms with Crippen molar-refractivity contribution in [1.29, 1.82) is 0 Å². The zero-order valence-corrected chi connectivity index (χ0v) is 11.7. The molecule has 0 aliphatic carbocycles. The number of aromatic nitrogens is 1. The van der Waals surface area contributed by atoms with E-state index in [1.165, 1.54) is 7.11 Å². The third-order valence-corrected chi connectivity index (χ3v) is 3.53. The lowest BCUT2D eigenvalue weighted by atomic mass is 9.98. The molecule has 1 aromatic heterocycles. The van der Waals surface area contributed by atoms with E-state index in [0.717, 1.165) is 25.1 Å². The number of rotatable bonds is 3. The summed E-state index contributed by atoms with van der Waals surface area (Å²) in [5.74, 6) is -0.202. The zero-order chi connectivity index (χ0) is 13.8. The Kier molecular flexibility index (Phi) is 4.31. The van der Waals surface area contributed by atoms with Gasteiger partial charge in [-0.25, -0.2) is 0 Å². The predicted molar refractivity (Wildman–Crippen MR) is 77.1 cm³/mol. The first-order valence-corrected chi connectivity index (χ1v) is 6.61. The van der Waals surface area contributed by atoms with Crippen LogP contribution in [0.5, 0.6) is 0 Å². The summed E-state index contributed by atoms with van der Waals surface area (Å²) in [5.41, 5.74) is 7.11. The highest BCUT2D eigenvalue weighted by molar-refractivity contribution is 7.80. The summed E-state index contributed by atoms with van der Waals surface area (Å²) in [6.45, 7) is 1.59. The molecule has 0 amide bonds. The standard InChI is InChI=1S/C13H17N3O2S/c1-18-13(17)9-3-2-6-16(8-9)10-4-5-11(12(14)19)15-7-10/h4-5,7,9H,2-3,6,8H2,1H3,(H2,14,19). The van der Waals surface area contributed by atoms with Crippen molar-refractivity contribution in [2.24, 2.45) is 11.7 Å². The van der Waals surface area contributed by atoms with Crippen molar-refractivity contribution in [2.45, 2.75) is 12.8 Å². The molecule has 1 saturated heterocycles. The molecule has 1 aliphatic heterocycles. The van der Waals surface area contributed by atoms with E-state index >= 15 is 0 Å². The third kappa shape index (κ3) is 3.20. The lowest BCUT2D eigenvalue weighted by Gasteiger charge is -2.32. The SMILES string of the molecule is COC(=O)C1CCCN(c2ccc(C(N)=S)nc2)C1. The summed E-state index contributed by atoms with van der Waals surface area (Å²) in [6.07, 6.45) is 3.59. The van der Waals surface area contributed by atoms with Crippen LogP contribution in [0.4, 0.5) is 5.69 Å². The number of carbonyl (C=O) groups is 1. The van der Waals surface area contributed by atoms with Crippen LogP contribution in [0, 0.1) is 5.92 Å². The fraction of sp³-hybridized carbons (Fsp3) is 0.462. The topological polar surface area (TPSA) is 68.5 Å². The molecule has 0 saturated carbocycles. The second-order valence-electron chi connectivity index (χ2n) is 4.57. The smallest absolute Gasteiger partial charge is 0.310 e. The second kappa shape index (κ2) is 5.97. The molecule has 5 nitrogen and oxygen atoms in total. The molecule has 6 heteroatoms. The van der Waals surface area contributed by atoms with Gasteiger partial charge >= 0.3 is 5.97 Å². The molecule has 1 unspecified atom stereocenters. The molecule has 0 aromatic carbocycles. The average molecular weight is 279 g/mol. The Morgan fingerprint density at radius 2 is 2.37 bits per heavy atom.